The van der Waals surface area contributed by atoms with Crippen molar-refractivity contribution in [3.05, 3.63) is 40.7 Å². The lowest BCUT2D eigenvalue weighted by atomic mass is 10.2. The average molecular weight is 237 g/mol. The van der Waals surface area contributed by atoms with Crippen molar-refractivity contribution < 1.29 is 8.78 Å². The predicted octanol–water partition coefficient (Wildman–Crippen LogP) is 2.66. The molecule has 0 saturated carbocycles. The van der Waals surface area contributed by atoms with Crippen LogP contribution in [0.3, 0.4) is 0 Å². The molecule has 0 aliphatic rings. The monoisotopic (exact) mass is 237 g/mol. The zero-order valence-corrected chi connectivity index (χ0v) is 9.88. The zero-order chi connectivity index (χ0) is 12.7. The van der Waals surface area contributed by atoms with E-state index in [2.05, 4.69) is 5.10 Å². The van der Waals surface area contributed by atoms with Crippen molar-refractivity contribution in [2.75, 3.05) is 5.73 Å². The van der Waals surface area contributed by atoms with Crippen LogP contribution in [0.4, 0.5) is 14.5 Å². The van der Waals surface area contributed by atoms with Gasteiger partial charge in [0, 0.05) is 5.69 Å². The van der Waals surface area contributed by atoms with Gasteiger partial charge in [-0.05, 0) is 38.5 Å². The van der Waals surface area contributed by atoms with Gasteiger partial charge < -0.3 is 5.73 Å². The number of rotatable bonds is 1. The number of hydrogen-bond donors (Lipinski definition) is 1. The summed E-state index contributed by atoms with van der Waals surface area (Å²) in [5.74, 6) is -1.91. The van der Waals surface area contributed by atoms with Crippen molar-refractivity contribution in [2.24, 2.45) is 0 Å². The zero-order valence-electron chi connectivity index (χ0n) is 9.88. The molecule has 0 spiro atoms. The minimum atomic E-state index is -0.976. The molecule has 0 aliphatic heterocycles. The van der Waals surface area contributed by atoms with E-state index in [1.807, 2.05) is 13.8 Å². The first-order valence-electron chi connectivity index (χ1n) is 5.20. The molecule has 0 bridgehead atoms. The summed E-state index contributed by atoms with van der Waals surface area (Å²) in [4.78, 5) is 0. The van der Waals surface area contributed by atoms with Crippen LogP contribution in [0, 0.1) is 32.4 Å². The number of aryl methyl sites for hydroxylation is 1. The summed E-state index contributed by atoms with van der Waals surface area (Å²) in [5.41, 5.74) is 8.27. The molecular formula is C12H13F2N3. The van der Waals surface area contributed by atoms with Crippen LogP contribution in [0.25, 0.3) is 5.69 Å². The highest BCUT2D eigenvalue weighted by atomic mass is 19.2. The Morgan fingerprint density at radius 2 is 1.82 bits per heavy atom. The molecule has 0 saturated heterocycles. The number of hydrogen-bond acceptors (Lipinski definition) is 2. The molecule has 90 valence electrons. The Hall–Kier alpha value is -1.91. The van der Waals surface area contributed by atoms with Crippen molar-refractivity contribution in [3.63, 3.8) is 0 Å². The molecule has 1 aromatic carbocycles. The predicted molar refractivity (Wildman–Crippen MR) is 62.1 cm³/mol. The van der Waals surface area contributed by atoms with Crippen LogP contribution in [0.5, 0.6) is 0 Å². The molecule has 2 N–H and O–H groups in total. The highest BCUT2D eigenvalue weighted by Gasteiger charge is 2.18. The van der Waals surface area contributed by atoms with E-state index in [4.69, 9.17) is 5.73 Å². The Labute approximate surface area is 97.9 Å². The Morgan fingerprint density at radius 3 is 2.35 bits per heavy atom. The summed E-state index contributed by atoms with van der Waals surface area (Å²) in [5, 5.41) is 4.17. The summed E-state index contributed by atoms with van der Waals surface area (Å²) >= 11 is 0. The Balaban J connectivity index is 2.77. The molecule has 0 amide bonds. The lowest BCUT2D eigenvalue weighted by molar-refractivity contribution is 0.501. The smallest absolute Gasteiger partial charge is 0.186 e. The van der Waals surface area contributed by atoms with Crippen LogP contribution in [0.1, 0.15) is 17.0 Å². The van der Waals surface area contributed by atoms with Gasteiger partial charge in [0.25, 0.3) is 0 Å². The van der Waals surface area contributed by atoms with Crippen molar-refractivity contribution in [2.45, 2.75) is 20.8 Å². The maximum Gasteiger partial charge on any atom is 0.186 e. The van der Waals surface area contributed by atoms with E-state index in [1.54, 1.807) is 6.92 Å². The van der Waals surface area contributed by atoms with E-state index < -0.39 is 11.6 Å². The standard InChI is InChI=1S/C12H13F2N3/c1-6-7(2)16-17(8(6)3)12-10(15)5-4-9(13)11(12)14/h4-5H,15H2,1-3H3. The van der Waals surface area contributed by atoms with Gasteiger partial charge in [0.05, 0.1) is 11.4 Å². The van der Waals surface area contributed by atoms with Gasteiger partial charge in [-0.2, -0.15) is 5.10 Å². The number of nitrogen functional groups attached to an aromatic ring is 1. The summed E-state index contributed by atoms with van der Waals surface area (Å²) in [6, 6.07) is 2.34. The van der Waals surface area contributed by atoms with Crippen molar-refractivity contribution in [1.29, 1.82) is 0 Å². The molecule has 0 radical (unpaired) electrons. The van der Waals surface area contributed by atoms with Gasteiger partial charge in [0.15, 0.2) is 11.6 Å². The van der Waals surface area contributed by atoms with Gasteiger partial charge in [0.2, 0.25) is 0 Å². The highest BCUT2D eigenvalue weighted by molar-refractivity contribution is 5.59. The average Bonchev–Trinajstić information content (AvgIpc) is 2.53. The normalized spacial score (nSPS) is 10.9. The Kier molecular flexibility index (Phi) is 2.61. The fourth-order valence-corrected chi connectivity index (χ4v) is 1.71. The van der Waals surface area contributed by atoms with Crippen LogP contribution in [-0.2, 0) is 0 Å². The number of benzene rings is 1. The van der Waals surface area contributed by atoms with Crippen LogP contribution in [-0.4, -0.2) is 9.78 Å². The molecular weight excluding hydrogens is 224 g/mol. The first-order valence-corrected chi connectivity index (χ1v) is 5.20. The third-order valence-corrected chi connectivity index (χ3v) is 2.97. The van der Waals surface area contributed by atoms with Gasteiger partial charge >= 0.3 is 0 Å². The number of halogens is 2. The summed E-state index contributed by atoms with van der Waals surface area (Å²) in [6.07, 6.45) is 0. The number of anilines is 1. The van der Waals surface area contributed by atoms with E-state index in [9.17, 15) is 8.78 Å². The first-order chi connectivity index (χ1) is 7.93. The molecule has 0 fully saturated rings. The maximum absolute atomic E-state index is 13.8. The number of nitrogens with two attached hydrogens (primary N) is 1. The van der Waals surface area contributed by atoms with Gasteiger partial charge in [-0.15, -0.1) is 0 Å². The molecule has 2 aromatic rings. The summed E-state index contributed by atoms with van der Waals surface area (Å²) in [6.45, 7) is 5.48. The van der Waals surface area contributed by atoms with Crippen LogP contribution >= 0.6 is 0 Å². The number of aromatic nitrogens is 2. The SMILES string of the molecule is Cc1nn(-c2c(N)ccc(F)c2F)c(C)c1C. The fraction of sp³-hybridized carbons (Fsp3) is 0.250. The summed E-state index contributed by atoms with van der Waals surface area (Å²) < 4.78 is 28.3. The minimum Gasteiger partial charge on any atom is -0.397 e. The molecule has 0 atom stereocenters. The fourth-order valence-electron chi connectivity index (χ4n) is 1.71. The molecule has 0 unspecified atom stereocenters. The van der Waals surface area contributed by atoms with Gasteiger partial charge in [0.1, 0.15) is 5.69 Å². The van der Waals surface area contributed by atoms with Crippen LogP contribution in [0.2, 0.25) is 0 Å². The van der Waals surface area contributed by atoms with E-state index in [1.165, 1.54) is 10.7 Å². The van der Waals surface area contributed by atoms with Crippen molar-refractivity contribution in [1.82, 2.24) is 9.78 Å². The third-order valence-electron chi connectivity index (χ3n) is 2.97. The Bertz CT molecular complexity index is 588. The largest absolute Gasteiger partial charge is 0.397 e. The first kappa shape index (κ1) is 11.6. The van der Waals surface area contributed by atoms with Crippen molar-refractivity contribution in [3.8, 4) is 5.69 Å². The van der Waals surface area contributed by atoms with E-state index >= 15 is 0 Å². The van der Waals surface area contributed by atoms with Gasteiger partial charge in [-0.3, -0.25) is 0 Å². The number of nitrogens with zero attached hydrogens (tertiary/aromatic N) is 2. The van der Waals surface area contributed by atoms with Crippen molar-refractivity contribution >= 4 is 5.69 Å². The molecule has 0 aliphatic carbocycles. The topological polar surface area (TPSA) is 43.8 Å². The molecule has 3 nitrogen and oxygen atoms in total. The lowest BCUT2D eigenvalue weighted by Gasteiger charge is -2.09. The maximum atomic E-state index is 13.8. The highest BCUT2D eigenvalue weighted by Crippen LogP contribution is 2.25. The van der Waals surface area contributed by atoms with E-state index in [0.717, 1.165) is 23.0 Å². The molecule has 1 heterocycles. The van der Waals surface area contributed by atoms with E-state index in [-0.39, 0.29) is 11.4 Å². The second-order valence-electron chi connectivity index (χ2n) is 4.01. The molecule has 1 aromatic heterocycles. The second-order valence-corrected chi connectivity index (χ2v) is 4.01. The molecule has 17 heavy (non-hydrogen) atoms. The van der Waals surface area contributed by atoms with Crippen LogP contribution in [0.15, 0.2) is 12.1 Å². The molecule has 2 rings (SSSR count). The van der Waals surface area contributed by atoms with Crippen LogP contribution < -0.4 is 5.73 Å². The molecule has 5 heteroatoms. The van der Waals surface area contributed by atoms with Gasteiger partial charge in [-0.1, -0.05) is 0 Å². The minimum absolute atomic E-state index is 0.0290. The summed E-state index contributed by atoms with van der Waals surface area (Å²) in [7, 11) is 0. The lowest BCUT2D eigenvalue weighted by Crippen LogP contribution is -2.08. The van der Waals surface area contributed by atoms with Gasteiger partial charge in [-0.25, -0.2) is 13.5 Å². The quantitative estimate of drug-likeness (QED) is 0.775. The second kappa shape index (κ2) is 3.84. The van der Waals surface area contributed by atoms with E-state index in [0.29, 0.717) is 0 Å². The third kappa shape index (κ3) is 1.67. The Morgan fingerprint density at radius 1 is 1.18 bits per heavy atom.